The highest BCUT2D eigenvalue weighted by Gasteiger charge is 2.26. The molecule has 0 aromatic heterocycles. The number of fused-ring (bicyclic) bond motifs is 1. The third-order valence-electron chi connectivity index (χ3n) is 5.66. The maximum absolute atomic E-state index is 13.2. The standard InChI is InChI=1S/C24H25FN4O2/c25-19-7-4-8-20(15-19)26-23(30)16-28-11-13-29(14-12-28)17-24(31)27-22-10-3-6-18-5-1-2-9-21(18)22/h1-10,15H,11-14,16-17H2,(H,26,30)(H,27,31)/p+2. The molecule has 0 unspecified atom stereocenters. The lowest BCUT2D eigenvalue weighted by Crippen LogP contribution is -3.28. The van der Waals surface area contributed by atoms with Gasteiger partial charge in [-0.1, -0.05) is 42.5 Å². The van der Waals surface area contributed by atoms with Gasteiger partial charge in [-0.25, -0.2) is 4.39 Å². The molecule has 3 aromatic carbocycles. The molecule has 1 aliphatic heterocycles. The van der Waals surface area contributed by atoms with Gasteiger partial charge in [0.25, 0.3) is 11.8 Å². The predicted octanol–water partition coefficient (Wildman–Crippen LogP) is 0.340. The van der Waals surface area contributed by atoms with E-state index in [1.807, 2.05) is 42.5 Å². The second-order valence-corrected chi connectivity index (χ2v) is 7.99. The number of nitrogens with one attached hydrogen (secondary N) is 4. The zero-order valence-electron chi connectivity index (χ0n) is 17.3. The molecule has 4 rings (SSSR count). The van der Waals surface area contributed by atoms with Crippen LogP contribution in [-0.4, -0.2) is 51.1 Å². The molecule has 0 atom stereocenters. The highest BCUT2D eigenvalue weighted by molar-refractivity contribution is 6.02. The molecule has 6 nitrogen and oxygen atoms in total. The summed E-state index contributed by atoms with van der Waals surface area (Å²) in [6, 6.07) is 19.8. The van der Waals surface area contributed by atoms with Crippen molar-refractivity contribution in [2.45, 2.75) is 0 Å². The number of quaternary nitrogens is 2. The Morgan fingerprint density at radius 3 is 2.10 bits per heavy atom. The molecule has 1 fully saturated rings. The van der Waals surface area contributed by atoms with Crippen LogP contribution in [0, 0.1) is 5.82 Å². The lowest BCUT2D eigenvalue weighted by molar-refractivity contribution is -1.00. The number of carbonyl (C=O) groups excluding carboxylic acids is 2. The van der Waals surface area contributed by atoms with Crippen molar-refractivity contribution in [2.75, 3.05) is 49.9 Å². The Bertz CT molecular complexity index is 1070. The van der Waals surface area contributed by atoms with E-state index < -0.39 is 0 Å². The molecule has 2 amide bonds. The molecule has 0 aliphatic carbocycles. The summed E-state index contributed by atoms with van der Waals surface area (Å²) in [6.45, 7) is 4.02. The summed E-state index contributed by atoms with van der Waals surface area (Å²) in [4.78, 5) is 27.2. The fraction of sp³-hybridized carbons (Fsp3) is 0.250. The van der Waals surface area contributed by atoms with Crippen molar-refractivity contribution >= 4 is 34.0 Å². The fourth-order valence-electron chi connectivity index (χ4n) is 4.07. The molecule has 160 valence electrons. The van der Waals surface area contributed by atoms with Gasteiger partial charge in [-0.05, 0) is 29.7 Å². The number of anilines is 2. The van der Waals surface area contributed by atoms with Crippen LogP contribution in [0.1, 0.15) is 0 Å². The summed E-state index contributed by atoms with van der Waals surface area (Å²) in [5.74, 6) is -0.500. The molecule has 1 saturated heterocycles. The van der Waals surface area contributed by atoms with E-state index in [2.05, 4.69) is 10.6 Å². The first-order chi connectivity index (χ1) is 15.1. The van der Waals surface area contributed by atoms with E-state index >= 15 is 0 Å². The number of hydrogen-bond acceptors (Lipinski definition) is 2. The van der Waals surface area contributed by atoms with Crippen LogP contribution in [0.2, 0.25) is 0 Å². The van der Waals surface area contributed by atoms with Gasteiger partial charge >= 0.3 is 0 Å². The summed E-state index contributed by atoms with van der Waals surface area (Å²) >= 11 is 0. The molecule has 0 radical (unpaired) electrons. The van der Waals surface area contributed by atoms with Crippen molar-refractivity contribution < 1.29 is 23.8 Å². The average molecular weight is 423 g/mol. The van der Waals surface area contributed by atoms with E-state index in [0.29, 0.717) is 18.8 Å². The van der Waals surface area contributed by atoms with Crippen LogP contribution >= 0.6 is 0 Å². The summed E-state index contributed by atoms with van der Waals surface area (Å²) in [5.41, 5.74) is 1.31. The van der Waals surface area contributed by atoms with Crippen LogP contribution in [0.5, 0.6) is 0 Å². The zero-order chi connectivity index (χ0) is 21.6. The monoisotopic (exact) mass is 422 g/mol. The molecule has 31 heavy (non-hydrogen) atoms. The fourth-order valence-corrected chi connectivity index (χ4v) is 4.07. The largest absolute Gasteiger partial charge is 0.321 e. The third-order valence-corrected chi connectivity index (χ3v) is 5.66. The molecule has 3 aromatic rings. The molecular weight excluding hydrogens is 395 g/mol. The second-order valence-electron chi connectivity index (χ2n) is 7.99. The Hall–Kier alpha value is -3.29. The van der Waals surface area contributed by atoms with Gasteiger partial charge in [0, 0.05) is 16.8 Å². The normalized spacial score (nSPS) is 18.5. The van der Waals surface area contributed by atoms with E-state index in [4.69, 9.17) is 0 Å². The van der Waals surface area contributed by atoms with Crippen molar-refractivity contribution in [3.8, 4) is 0 Å². The smallest absolute Gasteiger partial charge is 0.279 e. The molecule has 1 heterocycles. The van der Waals surface area contributed by atoms with Crippen molar-refractivity contribution in [1.29, 1.82) is 0 Å². The zero-order valence-corrected chi connectivity index (χ0v) is 17.3. The van der Waals surface area contributed by atoms with Gasteiger partial charge in [0.15, 0.2) is 13.1 Å². The number of rotatable bonds is 6. The van der Waals surface area contributed by atoms with Gasteiger partial charge in [0.2, 0.25) is 0 Å². The summed E-state index contributed by atoms with van der Waals surface area (Å²) < 4.78 is 13.2. The minimum atomic E-state index is -0.371. The first-order valence-electron chi connectivity index (χ1n) is 10.6. The molecule has 0 saturated carbocycles. The first-order valence-corrected chi connectivity index (χ1v) is 10.6. The van der Waals surface area contributed by atoms with Gasteiger partial charge in [-0.3, -0.25) is 9.59 Å². The van der Waals surface area contributed by atoms with Gasteiger partial charge in [-0.15, -0.1) is 0 Å². The number of carbonyl (C=O) groups is 2. The number of halogens is 1. The number of hydrogen-bond donors (Lipinski definition) is 4. The van der Waals surface area contributed by atoms with Crippen LogP contribution in [0.15, 0.2) is 66.7 Å². The molecule has 1 aliphatic rings. The van der Waals surface area contributed by atoms with E-state index in [1.54, 1.807) is 12.1 Å². The van der Waals surface area contributed by atoms with Crippen LogP contribution in [0.3, 0.4) is 0 Å². The van der Waals surface area contributed by atoms with Crippen LogP contribution < -0.4 is 20.4 Å². The molecule has 0 bridgehead atoms. The first kappa shape index (κ1) is 21.0. The average Bonchev–Trinajstić information content (AvgIpc) is 2.75. The second kappa shape index (κ2) is 9.68. The highest BCUT2D eigenvalue weighted by Crippen LogP contribution is 2.22. The predicted molar refractivity (Wildman–Crippen MR) is 119 cm³/mol. The Labute approximate surface area is 180 Å². The Morgan fingerprint density at radius 1 is 0.774 bits per heavy atom. The van der Waals surface area contributed by atoms with E-state index in [0.717, 1.165) is 42.6 Å². The maximum Gasteiger partial charge on any atom is 0.279 e. The van der Waals surface area contributed by atoms with Crippen LogP contribution in [-0.2, 0) is 9.59 Å². The van der Waals surface area contributed by atoms with Crippen molar-refractivity contribution in [1.82, 2.24) is 0 Å². The van der Waals surface area contributed by atoms with E-state index in [9.17, 15) is 14.0 Å². The minimum Gasteiger partial charge on any atom is -0.321 e. The minimum absolute atomic E-state index is 0.00125. The van der Waals surface area contributed by atoms with Crippen LogP contribution in [0.4, 0.5) is 15.8 Å². The van der Waals surface area contributed by atoms with Crippen molar-refractivity contribution in [3.63, 3.8) is 0 Å². The van der Waals surface area contributed by atoms with E-state index in [1.165, 1.54) is 21.9 Å². The van der Waals surface area contributed by atoms with Gasteiger partial charge in [0.05, 0.1) is 0 Å². The SMILES string of the molecule is O=C(C[NH+]1CC[NH+](CC(=O)Nc2cccc3ccccc23)CC1)Nc1cccc(F)c1. The molecule has 4 N–H and O–H groups in total. The molecular formula is C24H27FN4O2+2. The Balaban J connectivity index is 1.23. The lowest BCUT2D eigenvalue weighted by Gasteiger charge is -2.29. The maximum atomic E-state index is 13.2. The summed E-state index contributed by atoms with van der Waals surface area (Å²) in [5, 5.41) is 7.92. The van der Waals surface area contributed by atoms with Crippen LogP contribution in [0.25, 0.3) is 10.8 Å². The van der Waals surface area contributed by atoms with Crippen molar-refractivity contribution in [2.24, 2.45) is 0 Å². The number of amides is 2. The van der Waals surface area contributed by atoms with Gasteiger partial charge in [0.1, 0.15) is 32.0 Å². The number of piperazine rings is 1. The molecule has 7 heteroatoms. The Morgan fingerprint density at radius 2 is 1.39 bits per heavy atom. The van der Waals surface area contributed by atoms with Crippen molar-refractivity contribution in [3.05, 3.63) is 72.5 Å². The van der Waals surface area contributed by atoms with Gasteiger partial charge < -0.3 is 20.4 Å². The highest BCUT2D eigenvalue weighted by atomic mass is 19.1. The lowest BCUT2D eigenvalue weighted by atomic mass is 10.1. The third kappa shape index (κ3) is 5.65. The quantitative estimate of drug-likeness (QED) is 0.463. The molecule has 0 spiro atoms. The topological polar surface area (TPSA) is 67.1 Å². The summed E-state index contributed by atoms with van der Waals surface area (Å²) in [7, 11) is 0. The van der Waals surface area contributed by atoms with Gasteiger partial charge in [-0.2, -0.15) is 0 Å². The summed E-state index contributed by atoms with van der Waals surface area (Å²) in [6.07, 6.45) is 0. The number of benzene rings is 3. The van der Waals surface area contributed by atoms with E-state index in [-0.39, 0.29) is 17.6 Å². The Kier molecular flexibility index (Phi) is 6.54.